The summed E-state index contributed by atoms with van der Waals surface area (Å²) >= 11 is 11.8. The molecule has 2 aromatic rings. The van der Waals surface area contributed by atoms with Crippen molar-refractivity contribution in [2.45, 2.75) is 31.6 Å². The van der Waals surface area contributed by atoms with Gasteiger partial charge in [-0.2, -0.15) is 13.2 Å². The quantitative estimate of drug-likeness (QED) is 0.266. The van der Waals surface area contributed by atoms with Crippen molar-refractivity contribution < 1.29 is 31.2 Å². The second kappa shape index (κ2) is 12.0. The Hall–Kier alpha value is -3.10. The van der Waals surface area contributed by atoms with Gasteiger partial charge in [-0.15, -0.1) is 0 Å². The lowest BCUT2D eigenvalue weighted by molar-refractivity contribution is -0.141. The zero-order chi connectivity index (χ0) is 29.1. The Labute approximate surface area is 232 Å². The van der Waals surface area contributed by atoms with Crippen LogP contribution in [0, 0.1) is 5.41 Å². The van der Waals surface area contributed by atoms with Gasteiger partial charge in [0.25, 0.3) is 5.91 Å². The standard InChI is InChI=1S/C23H25Cl2F3N6O4S/c1-12(35)34-9-14(6-15(10-34)32-22(36)17(21(25)29)8-30-11-39(2,37)38)31-19-7-20(23(26,27)28)33-18-4-3-13(24)5-16(18)19/h3-5,7-8,14-15,29-30H,6,9-11H2,1-2H3,(H,31,33)(H,32,36)/b17-8+,29-21?/t14-,15+/m1/s1. The van der Waals surface area contributed by atoms with E-state index in [2.05, 4.69) is 20.9 Å². The molecule has 16 heteroatoms. The van der Waals surface area contributed by atoms with E-state index < -0.39 is 50.7 Å². The predicted molar refractivity (Wildman–Crippen MR) is 142 cm³/mol. The van der Waals surface area contributed by atoms with Crippen LogP contribution >= 0.6 is 23.2 Å². The van der Waals surface area contributed by atoms with Gasteiger partial charge in [0.1, 0.15) is 16.7 Å². The summed E-state index contributed by atoms with van der Waals surface area (Å²) < 4.78 is 63.3. The van der Waals surface area contributed by atoms with Crippen molar-refractivity contribution >= 4 is 66.6 Å². The van der Waals surface area contributed by atoms with Crippen molar-refractivity contribution in [2.24, 2.45) is 0 Å². The lowest BCUT2D eigenvalue weighted by Crippen LogP contribution is -2.56. The van der Waals surface area contributed by atoms with Gasteiger partial charge in [0.15, 0.2) is 9.84 Å². The lowest BCUT2D eigenvalue weighted by Gasteiger charge is -2.38. The van der Waals surface area contributed by atoms with Crippen LogP contribution in [0.5, 0.6) is 0 Å². The molecule has 3 rings (SSSR count). The molecule has 0 aliphatic carbocycles. The van der Waals surface area contributed by atoms with Gasteiger partial charge in [0, 0.05) is 60.6 Å². The summed E-state index contributed by atoms with van der Waals surface area (Å²) in [5.41, 5.74) is -1.28. The third kappa shape index (κ3) is 8.44. The topological polar surface area (TPSA) is 144 Å². The number of carbonyl (C=O) groups is 2. The van der Waals surface area contributed by atoms with E-state index in [9.17, 15) is 31.2 Å². The number of pyridine rings is 1. The first-order valence-electron chi connectivity index (χ1n) is 11.4. The molecule has 10 nitrogen and oxygen atoms in total. The van der Waals surface area contributed by atoms with Gasteiger partial charge in [-0.3, -0.25) is 15.0 Å². The molecule has 1 saturated heterocycles. The molecule has 0 saturated carbocycles. The fourth-order valence-electron chi connectivity index (χ4n) is 4.03. The molecule has 0 radical (unpaired) electrons. The molecule has 2 heterocycles. The Morgan fingerprint density at radius 3 is 2.49 bits per heavy atom. The summed E-state index contributed by atoms with van der Waals surface area (Å²) in [7, 11) is -3.42. The van der Waals surface area contributed by atoms with Crippen LogP contribution in [0.4, 0.5) is 18.9 Å². The molecule has 0 spiro atoms. The Kier molecular flexibility index (Phi) is 9.34. The highest BCUT2D eigenvalue weighted by Gasteiger charge is 2.35. The molecule has 1 aromatic carbocycles. The number of likely N-dealkylation sites (tertiary alicyclic amines) is 1. The molecule has 1 aromatic heterocycles. The Morgan fingerprint density at radius 2 is 1.90 bits per heavy atom. The SMILES string of the molecule is CC(=O)N1C[C@@H](NC(=O)/C(=C/NCS(C)(=O)=O)C(=N)Cl)C[C@@H](Nc2cc(C(F)(F)F)nc3ccc(Cl)cc23)C1. The number of carbonyl (C=O) groups excluding carboxylic acids is 2. The first-order chi connectivity index (χ1) is 18.0. The summed E-state index contributed by atoms with van der Waals surface area (Å²) in [4.78, 5) is 30.2. The molecule has 2 amide bonds. The Morgan fingerprint density at radius 1 is 1.23 bits per heavy atom. The Balaban J connectivity index is 1.87. The molecule has 212 valence electrons. The minimum atomic E-state index is -4.71. The molecule has 0 unspecified atom stereocenters. The maximum absolute atomic E-state index is 13.5. The molecule has 1 aliphatic heterocycles. The summed E-state index contributed by atoms with van der Waals surface area (Å²) in [5.74, 6) is -1.62. The molecular formula is C23H25Cl2F3N6O4S. The maximum atomic E-state index is 13.5. The fraction of sp³-hybridized carbons (Fsp3) is 0.391. The van der Waals surface area contributed by atoms with Gasteiger partial charge in [-0.1, -0.05) is 23.2 Å². The number of fused-ring (bicyclic) bond motifs is 1. The molecule has 1 aliphatic rings. The van der Waals surface area contributed by atoms with E-state index in [1.54, 1.807) is 0 Å². The predicted octanol–water partition coefficient (Wildman–Crippen LogP) is 3.12. The number of nitrogens with zero attached hydrogens (tertiary/aromatic N) is 2. The number of hydrogen-bond acceptors (Lipinski definition) is 8. The van der Waals surface area contributed by atoms with Crippen LogP contribution in [0.25, 0.3) is 10.9 Å². The van der Waals surface area contributed by atoms with Gasteiger partial charge in [-0.25, -0.2) is 13.4 Å². The van der Waals surface area contributed by atoms with Crippen LogP contribution in [0.2, 0.25) is 5.02 Å². The van der Waals surface area contributed by atoms with Gasteiger partial charge < -0.3 is 20.9 Å². The summed E-state index contributed by atoms with van der Waals surface area (Å²) in [6, 6.07) is 3.86. The number of alkyl halides is 3. The van der Waals surface area contributed by atoms with Gasteiger partial charge >= 0.3 is 6.18 Å². The largest absolute Gasteiger partial charge is 0.433 e. The van der Waals surface area contributed by atoms with Gasteiger partial charge in [-0.05, 0) is 30.7 Å². The van der Waals surface area contributed by atoms with E-state index in [1.807, 2.05) is 0 Å². The molecule has 2 atom stereocenters. The van der Waals surface area contributed by atoms with E-state index in [4.69, 9.17) is 28.6 Å². The van der Waals surface area contributed by atoms with Gasteiger partial charge in [0.05, 0.1) is 11.1 Å². The fourth-order valence-corrected chi connectivity index (χ4v) is 4.73. The Bertz CT molecular complexity index is 1430. The molecule has 1 fully saturated rings. The zero-order valence-corrected chi connectivity index (χ0v) is 23.0. The number of halogens is 5. The minimum absolute atomic E-state index is 0.0674. The first-order valence-corrected chi connectivity index (χ1v) is 14.2. The highest BCUT2D eigenvalue weighted by molar-refractivity contribution is 7.90. The monoisotopic (exact) mass is 608 g/mol. The number of aromatic nitrogens is 1. The van der Waals surface area contributed by atoms with Crippen LogP contribution in [-0.2, 0) is 25.6 Å². The molecule has 0 bridgehead atoms. The summed E-state index contributed by atoms with van der Waals surface area (Å²) in [5, 5.41) is 15.8. The number of hydrogen-bond donors (Lipinski definition) is 4. The van der Waals surface area contributed by atoms with E-state index in [-0.39, 0.29) is 42.2 Å². The van der Waals surface area contributed by atoms with Crippen molar-refractivity contribution in [3.05, 3.63) is 46.8 Å². The van der Waals surface area contributed by atoms with Crippen LogP contribution in [-0.4, -0.2) is 72.6 Å². The van der Waals surface area contributed by atoms with Crippen LogP contribution in [0.15, 0.2) is 36.0 Å². The van der Waals surface area contributed by atoms with Crippen LogP contribution in [0.3, 0.4) is 0 Å². The number of nitrogens with one attached hydrogen (secondary N) is 4. The number of sulfone groups is 1. The highest BCUT2D eigenvalue weighted by atomic mass is 35.5. The second-order valence-corrected chi connectivity index (χ2v) is 12.0. The maximum Gasteiger partial charge on any atom is 0.433 e. The molecule has 4 N–H and O–H groups in total. The number of amides is 2. The zero-order valence-electron chi connectivity index (χ0n) is 20.7. The third-order valence-corrected chi connectivity index (χ3v) is 6.85. The van der Waals surface area contributed by atoms with Gasteiger partial charge in [0.2, 0.25) is 5.91 Å². The number of rotatable bonds is 8. The third-order valence-electron chi connectivity index (χ3n) is 5.72. The lowest BCUT2D eigenvalue weighted by atomic mass is 9.99. The van der Waals surface area contributed by atoms with Crippen molar-refractivity contribution in [1.82, 2.24) is 20.5 Å². The average molecular weight is 609 g/mol. The van der Waals surface area contributed by atoms with Crippen molar-refractivity contribution in [3.8, 4) is 0 Å². The minimum Gasteiger partial charge on any atom is -0.380 e. The highest BCUT2D eigenvalue weighted by Crippen LogP contribution is 2.34. The summed E-state index contributed by atoms with van der Waals surface area (Å²) in [6.07, 6.45) is -2.54. The van der Waals surface area contributed by atoms with E-state index in [1.165, 1.54) is 30.0 Å². The van der Waals surface area contributed by atoms with E-state index >= 15 is 0 Å². The number of anilines is 1. The smallest absolute Gasteiger partial charge is 0.380 e. The molecular weight excluding hydrogens is 584 g/mol. The van der Waals surface area contributed by atoms with E-state index in [0.29, 0.717) is 10.4 Å². The second-order valence-electron chi connectivity index (χ2n) is 9.03. The number of benzene rings is 1. The van der Waals surface area contributed by atoms with Crippen molar-refractivity contribution in [1.29, 1.82) is 5.41 Å². The summed E-state index contributed by atoms with van der Waals surface area (Å²) in [6.45, 7) is 1.55. The number of piperidine rings is 1. The average Bonchev–Trinajstić information content (AvgIpc) is 2.80. The van der Waals surface area contributed by atoms with Crippen molar-refractivity contribution in [3.63, 3.8) is 0 Å². The molecule has 39 heavy (non-hydrogen) atoms. The van der Waals surface area contributed by atoms with E-state index in [0.717, 1.165) is 18.5 Å². The van der Waals surface area contributed by atoms with Crippen molar-refractivity contribution in [2.75, 3.05) is 30.5 Å². The van der Waals surface area contributed by atoms with Crippen LogP contribution in [0.1, 0.15) is 19.0 Å². The first kappa shape index (κ1) is 30.4. The van der Waals surface area contributed by atoms with Crippen LogP contribution < -0.4 is 16.0 Å². The normalized spacial score (nSPS) is 18.5.